The van der Waals surface area contributed by atoms with E-state index in [1.807, 2.05) is 30.3 Å². The third kappa shape index (κ3) is 3.11. The zero-order valence-electron chi connectivity index (χ0n) is 13.8. The van der Waals surface area contributed by atoms with Gasteiger partial charge in [0.15, 0.2) is 5.79 Å². The van der Waals surface area contributed by atoms with Crippen molar-refractivity contribution in [1.29, 1.82) is 0 Å². The molecule has 1 saturated heterocycles. The van der Waals surface area contributed by atoms with E-state index < -0.39 is 36.3 Å². The van der Waals surface area contributed by atoms with Gasteiger partial charge in [-0.05, 0) is 18.4 Å². The van der Waals surface area contributed by atoms with Crippen LogP contribution in [0.15, 0.2) is 30.3 Å². The van der Waals surface area contributed by atoms with Crippen molar-refractivity contribution in [3.8, 4) is 0 Å². The van der Waals surface area contributed by atoms with Crippen LogP contribution in [0.3, 0.4) is 0 Å². The van der Waals surface area contributed by atoms with E-state index >= 15 is 0 Å². The summed E-state index contributed by atoms with van der Waals surface area (Å²) in [4.78, 5) is 0. The smallest absolute Gasteiger partial charge is 0.169 e. The second-order valence-electron chi connectivity index (χ2n) is 7.27. The predicted molar refractivity (Wildman–Crippen MR) is 87.2 cm³/mol. The summed E-state index contributed by atoms with van der Waals surface area (Å²) in [5, 5.41) is 20.8. The molecule has 1 aliphatic heterocycles. The zero-order chi connectivity index (χ0) is 16.6. The molecule has 1 heterocycles. The Kier molecular flexibility index (Phi) is 4.62. The molecular formula is C19H26O5. The SMILES string of the molecule is O[C@H]1C[C@H](O)[C@@H]2OC3(CCCCC3)O[C@@H]2[C@H]1OCc1ccccc1. The lowest BCUT2D eigenvalue weighted by Gasteiger charge is -2.37. The molecule has 0 bridgehead atoms. The first kappa shape index (κ1) is 16.5. The molecule has 1 spiro atoms. The average Bonchev–Trinajstić information content (AvgIpc) is 2.95. The highest BCUT2D eigenvalue weighted by Gasteiger charge is 2.57. The highest BCUT2D eigenvalue weighted by molar-refractivity contribution is 5.13. The Morgan fingerprint density at radius 1 is 0.958 bits per heavy atom. The summed E-state index contributed by atoms with van der Waals surface area (Å²) in [5.74, 6) is -0.590. The molecule has 3 fully saturated rings. The number of fused-ring (bicyclic) bond motifs is 1. The quantitative estimate of drug-likeness (QED) is 0.886. The molecule has 0 aromatic heterocycles. The van der Waals surface area contributed by atoms with Gasteiger partial charge in [-0.2, -0.15) is 0 Å². The van der Waals surface area contributed by atoms with Gasteiger partial charge < -0.3 is 24.4 Å². The molecule has 2 saturated carbocycles. The molecule has 5 nitrogen and oxygen atoms in total. The summed E-state index contributed by atoms with van der Waals surface area (Å²) in [5.41, 5.74) is 1.05. The van der Waals surface area contributed by atoms with E-state index in [0.29, 0.717) is 6.61 Å². The van der Waals surface area contributed by atoms with E-state index in [1.54, 1.807) is 0 Å². The highest BCUT2D eigenvalue weighted by Crippen LogP contribution is 2.45. The third-order valence-corrected chi connectivity index (χ3v) is 5.49. The van der Waals surface area contributed by atoms with Crippen molar-refractivity contribution in [2.45, 2.75) is 81.4 Å². The minimum atomic E-state index is -0.743. The van der Waals surface area contributed by atoms with Gasteiger partial charge in [0.1, 0.15) is 18.3 Å². The van der Waals surface area contributed by atoms with E-state index in [2.05, 4.69) is 0 Å². The molecule has 1 aromatic rings. The molecule has 5 heteroatoms. The van der Waals surface area contributed by atoms with Crippen LogP contribution >= 0.6 is 0 Å². The first-order chi connectivity index (χ1) is 11.7. The second-order valence-corrected chi connectivity index (χ2v) is 7.27. The number of aliphatic hydroxyl groups excluding tert-OH is 2. The third-order valence-electron chi connectivity index (χ3n) is 5.49. The molecule has 2 N–H and O–H groups in total. The van der Waals surface area contributed by atoms with Crippen LogP contribution in [0.4, 0.5) is 0 Å². The van der Waals surface area contributed by atoms with E-state index in [9.17, 15) is 10.2 Å². The van der Waals surface area contributed by atoms with Gasteiger partial charge in [0.25, 0.3) is 0 Å². The Bertz CT molecular complexity index is 542. The molecule has 0 unspecified atom stereocenters. The number of ether oxygens (including phenoxy) is 3. The predicted octanol–water partition coefficient (Wildman–Crippen LogP) is 2.14. The number of hydrogen-bond acceptors (Lipinski definition) is 5. The second kappa shape index (κ2) is 6.73. The lowest BCUT2D eigenvalue weighted by molar-refractivity contribution is -0.206. The Balaban J connectivity index is 1.48. The van der Waals surface area contributed by atoms with Crippen LogP contribution in [0.2, 0.25) is 0 Å². The molecule has 3 aliphatic rings. The fourth-order valence-corrected chi connectivity index (χ4v) is 4.24. The van der Waals surface area contributed by atoms with E-state index in [-0.39, 0.29) is 6.42 Å². The van der Waals surface area contributed by atoms with E-state index in [4.69, 9.17) is 14.2 Å². The number of rotatable bonds is 3. The summed E-state index contributed by atoms with van der Waals surface area (Å²) in [6.45, 7) is 0.415. The van der Waals surface area contributed by atoms with Crippen molar-refractivity contribution < 1.29 is 24.4 Å². The van der Waals surface area contributed by atoms with Crippen molar-refractivity contribution in [2.24, 2.45) is 0 Å². The Morgan fingerprint density at radius 3 is 2.42 bits per heavy atom. The molecule has 5 atom stereocenters. The van der Waals surface area contributed by atoms with Gasteiger partial charge in [-0.15, -0.1) is 0 Å². The highest BCUT2D eigenvalue weighted by atomic mass is 16.8. The van der Waals surface area contributed by atoms with E-state index in [0.717, 1.165) is 31.2 Å². The maximum absolute atomic E-state index is 10.4. The molecule has 1 aromatic carbocycles. The number of benzene rings is 1. The minimum absolute atomic E-state index is 0.264. The van der Waals surface area contributed by atoms with Crippen molar-refractivity contribution in [2.75, 3.05) is 0 Å². The van der Waals surface area contributed by atoms with Crippen LogP contribution < -0.4 is 0 Å². The number of hydrogen-bond donors (Lipinski definition) is 2. The van der Waals surface area contributed by atoms with Gasteiger partial charge in [0, 0.05) is 19.3 Å². The molecule has 132 valence electrons. The largest absolute Gasteiger partial charge is 0.390 e. The molecule has 4 rings (SSSR count). The topological polar surface area (TPSA) is 68.2 Å². The van der Waals surface area contributed by atoms with Gasteiger partial charge in [-0.3, -0.25) is 0 Å². The summed E-state index contributed by atoms with van der Waals surface area (Å²) < 4.78 is 18.5. The first-order valence-electron chi connectivity index (χ1n) is 9.04. The first-order valence-corrected chi connectivity index (χ1v) is 9.04. The van der Waals surface area contributed by atoms with E-state index in [1.165, 1.54) is 6.42 Å². The molecule has 2 aliphatic carbocycles. The van der Waals surface area contributed by atoms with Crippen LogP contribution in [0.25, 0.3) is 0 Å². The number of aliphatic hydroxyl groups is 2. The van der Waals surface area contributed by atoms with Gasteiger partial charge in [0.05, 0.1) is 18.8 Å². The van der Waals surface area contributed by atoms with Crippen LogP contribution in [-0.2, 0) is 20.8 Å². The molecule has 24 heavy (non-hydrogen) atoms. The summed E-state index contributed by atoms with van der Waals surface area (Å²) in [6.07, 6.45) is 2.58. The normalized spacial score (nSPS) is 38.2. The maximum atomic E-state index is 10.4. The van der Waals surface area contributed by atoms with Gasteiger partial charge in [0.2, 0.25) is 0 Å². The molecule has 0 amide bonds. The standard InChI is InChI=1S/C19H26O5/c20-14-11-15(21)17-18(24-19(23-17)9-5-2-6-10-19)16(14)22-12-13-7-3-1-4-8-13/h1,3-4,7-8,14-18,20-21H,2,5-6,9-12H2/t14-,15-,16-,17-,18+/m0/s1. The lowest BCUT2D eigenvalue weighted by Crippen LogP contribution is -2.55. The lowest BCUT2D eigenvalue weighted by atomic mass is 9.87. The maximum Gasteiger partial charge on any atom is 0.169 e. The van der Waals surface area contributed by atoms with Gasteiger partial charge >= 0.3 is 0 Å². The monoisotopic (exact) mass is 334 g/mol. The Hall–Kier alpha value is -0.980. The van der Waals surface area contributed by atoms with Crippen LogP contribution in [-0.4, -0.2) is 46.5 Å². The fourth-order valence-electron chi connectivity index (χ4n) is 4.24. The van der Waals surface area contributed by atoms with Crippen LogP contribution in [0.1, 0.15) is 44.1 Å². The zero-order valence-corrected chi connectivity index (χ0v) is 13.8. The summed E-state index contributed by atoms with van der Waals surface area (Å²) in [7, 11) is 0. The van der Waals surface area contributed by atoms with Crippen LogP contribution in [0.5, 0.6) is 0 Å². The molecular weight excluding hydrogens is 308 g/mol. The van der Waals surface area contributed by atoms with Crippen molar-refractivity contribution in [1.82, 2.24) is 0 Å². The summed E-state index contributed by atoms with van der Waals surface area (Å²) >= 11 is 0. The Labute approximate surface area is 142 Å². The van der Waals surface area contributed by atoms with Crippen LogP contribution in [0, 0.1) is 0 Å². The Morgan fingerprint density at radius 2 is 1.67 bits per heavy atom. The van der Waals surface area contributed by atoms with Gasteiger partial charge in [-0.1, -0.05) is 36.8 Å². The van der Waals surface area contributed by atoms with Crippen molar-refractivity contribution in [3.05, 3.63) is 35.9 Å². The average molecular weight is 334 g/mol. The van der Waals surface area contributed by atoms with Gasteiger partial charge in [-0.25, -0.2) is 0 Å². The minimum Gasteiger partial charge on any atom is -0.390 e. The van der Waals surface area contributed by atoms with Crippen molar-refractivity contribution in [3.63, 3.8) is 0 Å². The fraction of sp³-hybridized carbons (Fsp3) is 0.684. The van der Waals surface area contributed by atoms with Crippen molar-refractivity contribution >= 4 is 0 Å². The summed E-state index contributed by atoms with van der Waals surface area (Å²) in [6, 6.07) is 9.89. The molecule has 0 radical (unpaired) electrons.